The number of nitrogens with one attached hydrogen (secondary N) is 2. The number of carbonyl (C=O) groups excluding carboxylic acids is 3. The fraction of sp³-hybridized carbons (Fsp3) is 0.250. The van der Waals surface area contributed by atoms with Crippen molar-refractivity contribution < 1.29 is 19.1 Å². The molecule has 3 aromatic rings. The monoisotopic (exact) mass is 471 g/mol. The van der Waals surface area contributed by atoms with E-state index in [9.17, 15) is 14.4 Å². The van der Waals surface area contributed by atoms with Crippen molar-refractivity contribution in [3.8, 4) is 16.9 Å². The van der Waals surface area contributed by atoms with Gasteiger partial charge in [-0.05, 0) is 60.9 Å². The number of anilines is 1. The normalized spacial score (nSPS) is 18.9. The van der Waals surface area contributed by atoms with Gasteiger partial charge in [-0.1, -0.05) is 42.5 Å². The summed E-state index contributed by atoms with van der Waals surface area (Å²) in [5.41, 5.74) is 2.86. The molecule has 0 radical (unpaired) electrons. The minimum Gasteiger partial charge on any atom is -0.491 e. The number of hydrogen-bond acceptors (Lipinski definition) is 4. The first kappa shape index (κ1) is 24.0. The Balaban J connectivity index is 1.67. The van der Waals surface area contributed by atoms with Gasteiger partial charge in [0.15, 0.2) is 0 Å². The largest absolute Gasteiger partial charge is 0.491 e. The van der Waals surface area contributed by atoms with Crippen LogP contribution in [0.1, 0.15) is 30.1 Å². The molecule has 0 spiro atoms. The van der Waals surface area contributed by atoms with E-state index < -0.39 is 6.04 Å². The van der Waals surface area contributed by atoms with E-state index in [2.05, 4.69) is 10.6 Å². The Morgan fingerprint density at radius 1 is 0.943 bits per heavy atom. The number of rotatable bonds is 2. The first-order valence-electron chi connectivity index (χ1n) is 11.7. The number of amides is 3. The molecule has 0 unspecified atom stereocenters. The van der Waals surface area contributed by atoms with Crippen LogP contribution in [0.2, 0.25) is 0 Å². The van der Waals surface area contributed by atoms with Crippen LogP contribution in [-0.2, 0) is 9.59 Å². The van der Waals surface area contributed by atoms with Crippen molar-refractivity contribution in [1.29, 1.82) is 0 Å². The highest BCUT2D eigenvalue weighted by atomic mass is 16.5. The van der Waals surface area contributed by atoms with Gasteiger partial charge < -0.3 is 20.3 Å². The molecule has 0 aromatic heterocycles. The average molecular weight is 472 g/mol. The van der Waals surface area contributed by atoms with Gasteiger partial charge >= 0.3 is 0 Å². The summed E-state index contributed by atoms with van der Waals surface area (Å²) in [7, 11) is 1.60. The maximum absolute atomic E-state index is 13.4. The molecule has 1 heterocycles. The van der Waals surface area contributed by atoms with Crippen LogP contribution < -0.4 is 15.4 Å². The summed E-state index contributed by atoms with van der Waals surface area (Å²) in [5.74, 6) is -0.168. The quantitative estimate of drug-likeness (QED) is 0.589. The molecule has 0 saturated carbocycles. The number of benzene rings is 3. The highest BCUT2D eigenvalue weighted by Crippen LogP contribution is 2.26. The van der Waals surface area contributed by atoms with Crippen molar-refractivity contribution in [3.63, 3.8) is 0 Å². The lowest BCUT2D eigenvalue weighted by Crippen LogP contribution is -2.46. The number of likely N-dealkylation sites (N-methyl/N-ethyl adjacent to an activating group) is 1. The predicted molar refractivity (Wildman–Crippen MR) is 135 cm³/mol. The minimum atomic E-state index is -0.833. The summed E-state index contributed by atoms with van der Waals surface area (Å²) in [6, 6.07) is 22.9. The van der Waals surface area contributed by atoms with Crippen LogP contribution in [0.15, 0.2) is 78.9 Å². The second-order valence-corrected chi connectivity index (χ2v) is 8.71. The van der Waals surface area contributed by atoms with Crippen molar-refractivity contribution >= 4 is 23.4 Å². The van der Waals surface area contributed by atoms with Crippen LogP contribution in [-0.4, -0.2) is 48.4 Å². The second kappa shape index (κ2) is 10.9. The summed E-state index contributed by atoms with van der Waals surface area (Å²) < 4.78 is 5.89. The molecule has 35 heavy (non-hydrogen) atoms. The Kier molecular flexibility index (Phi) is 7.45. The minimum absolute atomic E-state index is 0.0877. The van der Waals surface area contributed by atoms with Crippen LogP contribution in [0, 0.1) is 0 Å². The molecule has 2 N–H and O–H groups in total. The van der Waals surface area contributed by atoms with E-state index in [1.54, 1.807) is 25.2 Å². The van der Waals surface area contributed by atoms with Crippen molar-refractivity contribution in [2.45, 2.75) is 31.8 Å². The Hall–Kier alpha value is -4.13. The molecule has 3 aromatic carbocycles. The van der Waals surface area contributed by atoms with Crippen LogP contribution in [0.4, 0.5) is 5.69 Å². The van der Waals surface area contributed by atoms with Crippen molar-refractivity contribution in [2.75, 3.05) is 19.0 Å². The number of ether oxygens (including phenoxy) is 1. The molecule has 7 nitrogen and oxygen atoms in total. The molecule has 7 heteroatoms. The zero-order valence-electron chi connectivity index (χ0n) is 19.9. The predicted octanol–water partition coefficient (Wildman–Crippen LogP) is 4.11. The summed E-state index contributed by atoms with van der Waals surface area (Å²) in [6.07, 6.45) is 0.267. The van der Waals surface area contributed by atoms with Crippen molar-refractivity contribution in [1.82, 2.24) is 10.2 Å². The Labute approximate surface area is 205 Å². The van der Waals surface area contributed by atoms with Crippen LogP contribution in [0.25, 0.3) is 11.1 Å². The number of para-hydroxylation sites is 1. The molecule has 180 valence electrons. The lowest BCUT2D eigenvalue weighted by atomic mass is 10.0. The Morgan fingerprint density at radius 2 is 1.63 bits per heavy atom. The molecule has 4 rings (SSSR count). The van der Waals surface area contributed by atoms with Crippen LogP contribution >= 0.6 is 0 Å². The third kappa shape index (κ3) is 6.06. The third-order valence-electron chi connectivity index (χ3n) is 5.96. The zero-order chi connectivity index (χ0) is 24.8. The highest BCUT2D eigenvalue weighted by molar-refractivity contribution is 6.01. The van der Waals surface area contributed by atoms with Gasteiger partial charge in [0, 0.05) is 24.7 Å². The molecule has 1 aliphatic heterocycles. The highest BCUT2D eigenvalue weighted by Gasteiger charge is 2.29. The van der Waals surface area contributed by atoms with Crippen LogP contribution in [0.5, 0.6) is 5.75 Å². The number of nitrogens with zero attached hydrogens (tertiary/aromatic N) is 1. The fourth-order valence-electron chi connectivity index (χ4n) is 4.07. The third-order valence-corrected chi connectivity index (χ3v) is 5.96. The molecule has 2 atom stereocenters. The number of carbonyl (C=O) groups is 3. The van der Waals surface area contributed by atoms with Gasteiger partial charge in [-0.2, -0.15) is 0 Å². The van der Waals surface area contributed by atoms with Gasteiger partial charge in [-0.25, -0.2) is 0 Å². The first-order chi connectivity index (χ1) is 16.9. The summed E-state index contributed by atoms with van der Waals surface area (Å²) in [6.45, 7) is 2.18. The van der Waals surface area contributed by atoms with Crippen molar-refractivity contribution in [3.05, 3.63) is 84.4 Å². The van der Waals surface area contributed by atoms with Gasteiger partial charge in [-0.15, -0.1) is 0 Å². The zero-order valence-corrected chi connectivity index (χ0v) is 19.9. The average Bonchev–Trinajstić information content (AvgIpc) is 2.87. The van der Waals surface area contributed by atoms with E-state index in [0.29, 0.717) is 23.6 Å². The van der Waals surface area contributed by atoms with Gasteiger partial charge in [0.05, 0.1) is 6.04 Å². The van der Waals surface area contributed by atoms with E-state index in [1.165, 1.54) is 4.90 Å². The Morgan fingerprint density at radius 3 is 2.40 bits per heavy atom. The molecular weight excluding hydrogens is 442 g/mol. The molecule has 4 bridgehead atoms. The first-order valence-corrected chi connectivity index (χ1v) is 11.7. The molecule has 0 saturated heterocycles. The van der Waals surface area contributed by atoms with Gasteiger partial charge in [0.1, 0.15) is 18.4 Å². The molecule has 0 aliphatic carbocycles. The topological polar surface area (TPSA) is 87.7 Å². The Bertz CT molecular complexity index is 1210. The lowest BCUT2D eigenvalue weighted by Gasteiger charge is -2.28. The van der Waals surface area contributed by atoms with Gasteiger partial charge in [0.25, 0.3) is 5.91 Å². The van der Waals surface area contributed by atoms with E-state index in [1.807, 2.05) is 67.6 Å². The molecular formula is C28H29N3O4. The second-order valence-electron chi connectivity index (χ2n) is 8.71. The van der Waals surface area contributed by atoms with Gasteiger partial charge in [-0.3, -0.25) is 14.4 Å². The van der Waals surface area contributed by atoms with Crippen molar-refractivity contribution in [2.24, 2.45) is 0 Å². The van der Waals surface area contributed by atoms with E-state index in [0.717, 1.165) is 11.1 Å². The van der Waals surface area contributed by atoms with Crippen LogP contribution in [0.3, 0.4) is 0 Å². The molecule has 0 fully saturated rings. The maximum atomic E-state index is 13.4. The molecule has 3 amide bonds. The number of fused-ring (bicyclic) bond motifs is 5. The summed E-state index contributed by atoms with van der Waals surface area (Å²) >= 11 is 0. The standard InChI is InChI=1S/C28H29N3O4/c1-19-18-35-24-13-7-9-21(17-24)20-8-6-10-22(16-20)28(34)31(2)25(14-15-26(32)29-19)27(33)30-23-11-4-3-5-12-23/h3-13,16-17,19,25H,14-15,18H2,1-2H3,(H,29,32)(H,30,33)/t19-,25-/m0/s1. The lowest BCUT2D eigenvalue weighted by molar-refractivity contribution is -0.123. The number of hydrogen-bond donors (Lipinski definition) is 2. The van der Waals surface area contributed by atoms with E-state index in [-0.39, 0.29) is 36.6 Å². The maximum Gasteiger partial charge on any atom is 0.254 e. The smallest absolute Gasteiger partial charge is 0.254 e. The fourth-order valence-corrected chi connectivity index (χ4v) is 4.07. The molecule has 1 aliphatic rings. The van der Waals surface area contributed by atoms with E-state index >= 15 is 0 Å². The summed E-state index contributed by atoms with van der Waals surface area (Å²) in [4.78, 5) is 40.7. The SMILES string of the molecule is C[C@H]1COc2cccc(c2)-c2cccc(c2)C(=O)N(C)[C@H](C(=O)Nc2ccccc2)CCC(=O)N1. The van der Waals surface area contributed by atoms with E-state index in [4.69, 9.17) is 4.74 Å². The van der Waals surface area contributed by atoms with Gasteiger partial charge in [0.2, 0.25) is 11.8 Å². The summed E-state index contributed by atoms with van der Waals surface area (Å²) in [5, 5.41) is 5.78.